The molecule has 43 heavy (non-hydrogen) atoms. The summed E-state index contributed by atoms with van der Waals surface area (Å²) in [6.45, 7) is 0. The molecule has 0 atom stereocenters. The van der Waals surface area contributed by atoms with E-state index in [4.69, 9.17) is 9.40 Å². The molecule has 3 aromatic heterocycles. The summed E-state index contributed by atoms with van der Waals surface area (Å²) in [4.78, 5) is 7.56. The van der Waals surface area contributed by atoms with E-state index in [0.717, 1.165) is 44.6 Å². The third-order valence-electron chi connectivity index (χ3n) is 8.25. The van der Waals surface area contributed by atoms with Gasteiger partial charge >= 0.3 is 0 Å². The molecule has 0 bridgehead atoms. The normalized spacial score (nSPS) is 11.7. The lowest BCUT2D eigenvalue weighted by Gasteiger charge is -2.24. The van der Waals surface area contributed by atoms with Crippen LogP contribution in [0.15, 0.2) is 150 Å². The first-order valence-corrected chi connectivity index (χ1v) is 15.2. The predicted octanol–water partition coefficient (Wildman–Crippen LogP) is 11.6. The lowest BCUT2D eigenvalue weighted by molar-refractivity contribution is 0.669. The number of nitrogens with zero attached hydrogens (tertiary/aromatic N) is 2. The molecule has 0 amide bonds. The van der Waals surface area contributed by atoms with Crippen LogP contribution in [0.25, 0.3) is 64.1 Å². The molecule has 0 saturated heterocycles. The van der Waals surface area contributed by atoms with E-state index in [1.807, 2.05) is 18.2 Å². The van der Waals surface area contributed by atoms with Crippen LogP contribution in [0.3, 0.4) is 0 Å². The van der Waals surface area contributed by atoms with E-state index < -0.39 is 0 Å². The fraction of sp³-hybridized carbons (Fsp3) is 0. The van der Waals surface area contributed by atoms with Gasteiger partial charge in [-0.25, -0.2) is 4.98 Å². The van der Waals surface area contributed by atoms with Gasteiger partial charge in [0.05, 0.1) is 15.9 Å². The maximum Gasteiger partial charge on any atom is 0.138 e. The molecule has 0 fully saturated rings. The first kappa shape index (κ1) is 24.2. The first-order valence-electron chi connectivity index (χ1n) is 14.4. The second-order valence-corrected chi connectivity index (χ2v) is 11.9. The van der Waals surface area contributed by atoms with Gasteiger partial charge in [0, 0.05) is 32.6 Å². The van der Waals surface area contributed by atoms with E-state index in [1.54, 1.807) is 11.3 Å². The fourth-order valence-electron chi connectivity index (χ4n) is 6.14. The van der Waals surface area contributed by atoms with Crippen molar-refractivity contribution in [3.8, 4) is 11.1 Å². The number of benzene rings is 6. The van der Waals surface area contributed by atoms with Gasteiger partial charge in [-0.1, -0.05) is 84.9 Å². The van der Waals surface area contributed by atoms with Crippen LogP contribution in [0, 0.1) is 0 Å². The van der Waals surface area contributed by atoms with Crippen molar-refractivity contribution in [3.05, 3.63) is 146 Å². The summed E-state index contributed by atoms with van der Waals surface area (Å²) in [5, 5.41) is 5.90. The van der Waals surface area contributed by atoms with Gasteiger partial charge in [-0.05, 0) is 76.5 Å². The third kappa shape index (κ3) is 3.99. The smallest absolute Gasteiger partial charge is 0.138 e. The molecule has 9 aromatic rings. The molecule has 0 radical (unpaired) electrons. The molecule has 0 aliphatic carbocycles. The lowest BCUT2D eigenvalue weighted by atomic mass is 10.0. The van der Waals surface area contributed by atoms with Crippen LogP contribution in [0.2, 0.25) is 0 Å². The quantitative estimate of drug-likeness (QED) is 0.211. The van der Waals surface area contributed by atoms with Gasteiger partial charge in [0.25, 0.3) is 0 Å². The maximum atomic E-state index is 6.30. The summed E-state index contributed by atoms with van der Waals surface area (Å²) < 4.78 is 8.74. The number of fused-ring (bicyclic) bond motifs is 7. The Labute approximate surface area is 251 Å². The number of hydrogen-bond acceptors (Lipinski definition) is 4. The average molecular weight is 569 g/mol. The standard InChI is InChI=1S/C39H24N2OS/c1-2-8-25(9-3-1)26-14-16-29(17-15-26)41(30-18-19-32-31-12-6-7-13-34(31)42-35(32)24-30)38-21-20-36-39(40-38)33-22-27-10-4-5-11-28(27)23-37(33)43-36/h1-24H. The second-order valence-electron chi connectivity index (χ2n) is 10.8. The van der Waals surface area contributed by atoms with Crippen LogP contribution >= 0.6 is 11.3 Å². The Kier molecular flexibility index (Phi) is 5.37. The summed E-state index contributed by atoms with van der Waals surface area (Å²) in [5.74, 6) is 0.864. The maximum absolute atomic E-state index is 6.30. The molecular weight excluding hydrogens is 545 g/mol. The summed E-state index contributed by atoms with van der Waals surface area (Å²) in [6.07, 6.45) is 0. The number of hydrogen-bond donors (Lipinski definition) is 0. The zero-order valence-corrected chi connectivity index (χ0v) is 23.9. The van der Waals surface area contributed by atoms with Gasteiger partial charge in [0.1, 0.15) is 17.0 Å². The highest BCUT2D eigenvalue weighted by Crippen LogP contribution is 2.41. The molecule has 0 aliphatic heterocycles. The molecule has 9 rings (SSSR count). The van der Waals surface area contributed by atoms with Gasteiger partial charge in [0.2, 0.25) is 0 Å². The van der Waals surface area contributed by atoms with Crippen LogP contribution < -0.4 is 4.90 Å². The highest BCUT2D eigenvalue weighted by atomic mass is 32.1. The Morgan fingerprint density at radius 1 is 0.488 bits per heavy atom. The molecule has 3 heterocycles. The number of rotatable bonds is 4. The predicted molar refractivity (Wildman–Crippen MR) is 182 cm³/mol. The Hall–Kier alpha value is -5.45. The van der Waals surface area contributed by atoms with E-state index >= 15 is 0 Å². The largest absolute Gasteiger partial charge is 0.456 e. The van der Waals surface area contributed by atoms with Crippen molar-refractivity contribution < 1.29 is 4.42 Å². The minimum absolute atomic E-state index is 0.859. The van der Waals surface area contributed by atoms with Gasteiger partial charge in [-0.2, -0.15) is 0 Å². The van der Waals surface area contributed by atoms with Crippen LogP contribution in [-0.4, -0.2) is 4.98 Å². The van der Waals surface area contributed by atoms with E-state index in [9.17, 15) is 0 Å². The van der Waals surface area contributed by atoms with Gasteiger partial charge in [-0.15, -0.1) is 11.3 Å². The lowest BCUT2D eigenvalue weighted by Crippen LogP contribution is -2.11. The van der Waals surface area contributed by atoms with Crippen molar-refractivity contribution in [2.45, 2.75) is 0 Å². The molecule has 4 heteroatoms. The van der Waals surface area contributed by atoms with Crippen LogP contribution in [0.1, 0.15) is 0 Å². The summed E-state index contributed by atoms with van der Waals surface area (Å²) in [6, 6.07) is 51.3. The van der Waals surface area contributed by atoms with Crippen molar-refractivity contribution in [2.24, 2.45) is 0 Å². The molecule has 0 aliphatic rings. The average Bonchev–Trinajstić information content (AvgIpc) is 3.61. The summed E-state index contributed by atoms with van der Waals surface area (Å²) in [7, 11) is 0. The zero-order valence-electron chi connectivity index (χ0n) is 23.1. The highest BCUT2D eigenvalue weighted by molar-refractivity contribution is 7.25. The Morgan fingerprint density at radius 3 is 2.05 bits per heavy atom. The molecule has 0 spiro atoms. The van der Waals surface area contributed by atoms with Crippen LogP contribution in [-0.2, 0) is 0 Å². The third-order valence-corrected chi connectivity index (χ3v) is 9.36. The summed E-state index contributed by atoms with van der Waals surface area (Å²) >= 11 is 1.80. The molecule has 202 valence electrons. The topological polar surface area (TPSA) is 29.3 Å². The molecule has 0 N–H and O–H groups in total. The van der Waals surface area contributed by atoms with Crippen molar-refractivity contribution in [1.82, 2.24) is 4.98 Å². The number of furan rings is 1. The van der Waals surface area contributed by atoms with E-state index in [2.05, 4.69) is 132 Å². The van der Waals surface area contributed by atoms with Gasteiger partial charge in [0.15, 0.2) is 0 Å². The fourth-order valence-corrected chi connectivity index (χ4v) is 7.22. The molecular formula is C39H24N2OS. The number of anilines is 3. The molecule has 0 saturated carbocycles. The Bertz CT molecular complexity index is 2460. The van der Waals surface area contributed by atoms with Gasteiger partial charge in [-0.3, -0.25) is 4.90 Å². The second kappa shape index (κ2) is 9.55. The van der Waals surface area contributed by atoms with E-state index in [1.165, 1.54) is 36.7 Å². The molecule has 0 unspecified atom stereocenters. The highest BCUT2D eigenvalue weighted by Gasteiger charge is 2.18. The minimum Gasteiger partial charge on any atom is -0.456 e. The van der Waals surface area contributed by atoms with Crippen molar-refractivity contribution >= 4 is 81.5 Å². The van der Waals surface area contributed by atoms with Crippen molar-refractivity contribution in [2.75, 3.05) is 4.90 Å². The Morgan fingerprint density at radius 2 is 1.19 bits per heavy atom. The minimum atomic E-state index is 0.859. The van der Waals surface area contributed by atoms with E-state index in [0.29, 0.717) is 0 Å². The molecule has 6 aromatic carbocycles. The summed E-state index contributed by atoms with van der Waals surface area (Å²) in [5.41, 5.74) is 7.18. The number of aromatic nitrogens is 1. The van der Waals surface area contributed by atoms with Crippen LogP contribution in [0.5, 0.6) is 0 Å². The molecule has 3 nitrogen and oxygen atoms in total. The van der Waals surface area contributed by atoms with Gasteiger partial charge < -0.3 is 4.42 Å². The van der Waals surface area contributed by atoms with Crippen LogP contribution in [0.4, 0.5) is 17.2 Å². The Balaban J connectivity index is 1.24. The number of pyridine rings is 1. The SMILES string of the molecule is c1ccc(-c2ccc(N(c3ccc4c(c3)oc3ccccc34)c3ccc4sc5cc6ccccc6cc5c4n3)cc2)cc1. The number of para-hydroxylation sites is 1. The zero-order chi connectivity index (χ0) is 28.3. The number of thiophene rings is 1. The van der Waals surface area contributed by atoms with Crippen molar-refractivity contribution in [3.63, 3.8) is 0 Å². The monoisotopic (exact) mass is 568 g/mol. The van der Waals surface area contributed by atoms with Crippen molar-refractivity contribution in [1.29, 1.82) is 0 Å². The van der Waals surface area contributed by atoms with E-state index in [-0.39, 0.29) is 0 Å². The first-order chi connectivity index (χ1) is 21.3.